The summed E-state index contributed by atoms with van der Waals surface area (Å²) in [6.07, 6.45) is -1.21. The zero-order valence-electron chi connectivity index (χ0n) is 14.6. The maximum absolute atomic E-state index is 12.9. The Balaban J connectivity index is 2.44. The Labute approximate surface area is 145 Å². The van der Waals surface area contributed by atoms with E-state index in [4.69, 9.17) is 10.6 Å². The van der Waals surface area contributed by atoms with Gasteiger partial charge in [-0.1, -0.05) is 0 Å². The van der Waals surface area contributed by atoms with Gasteiger partial charge in [-0.3, -0.25) is 19.9 Å². The van der Waals surface area contributed by atoms with Gasteiger partial charge in [0.2, 0.25) is 0 Å². The van der Waals surface area contributed by atoms with Gasteiger partial charge in [0.15, 0.2) is 0 Å². The molecule has 1 heterocycles. The average Bonchev–Trinajstić information content (AvgIpc) is 2.64. The molecule has 9 nitrogen and oxygen atoms in total. The summed E-state index contributed by atoms with van der Waals surface area (Å²) < 4.78 is 5.67. The van der Waals surface area contributed by atoms with E-state index in [1.165, 1.54) is 24.1 Å². The Morgan fingerprint density at radius 2 is 2.04 bits per heavy atom. The van der Waals surface area contributed by atoms with E-state index in [2.05, 4.69) is 0 Å². The van der Waals surface area contributed by atoms with E-state index >= 15 is 0 Å². The monoisotopic (exact) mass is 350 g/mol. The van der Waals surface area contributed by atoms with Gasteiger partial charge < -0.3 is 14.7 Å². The van der Waals surface area contributed by atoms with Crippen LogP contribution in [0.25, 0.3) is 0 Å². The molecule has 9 heteroatoms. The fourth-order valence-corrected chi connectivity index (χ4v) is 2.78. The van der Waals surface area contributed by atoms with Crippen LogP contribution in [0.4, 0.5) is 10.5 Å². The zero-order chi connectivity index (χ0) is 18.9. The Bertz CT molecular complexity index is 713. The number of hydrogen-bond acceptors (Lipinski definition) is 5. The third kappa shape index (κ3) is 3.50. The molecule has 0 radical (unpaired) electrons. The molecule has 0 unspecified atom stereocenters. The number of nitrogens with zero attached hydrogens (tertiary/aromatic N) is 2. The minimum Gasteiger partial charge on any atom is -0.489 e. The molecule has 0 spiro atoms. The van der Waals surface area contributed by atoms with Crippen molar-refractivity contribution in [3.63, 3.8) is 0 Å². The highest BCUT2D eigenvalue weighted by atomic mass is 16.5. The minimum atomic E-state index is -1.21. The van der Waals surface area contributed by atoms with Crippen molar-refractivity contribution in [1.29, 1.82) is 0 Å². The lowest BCUT2D eigenvalue weighted by atomic mass is 10.0. The van der Waals surface area contributed by atoms with Gasteiger partial charge in [-0.05, 0) is 39.0 Å². The second-order valence-corrected chi connectivity index (χ2v) is 6.70. The first kappa shape index (κ1) is 18.5. The number of hydrogen-bond donors (Lipinski definition) is 3. The lowest BCUT2D eigenvalue weighted by molar-refractivity contribution is -0.125. The quantitative estimate of drug-likeness (QED) is 0.411. The number of nitrogens with two attached hydrogens (primary N) is 1. The molecule has 136 valence electrons. The highest BCUT2D eigenvalue weighted by Crippen LogP contribution is 2.33. The SMILES string of the molecule is CN1C(=O)[C@@H](N(C(=O)O)C(C)(C)C)COc2ccc(C(=O)NN)cc21. The number of nitrogen functional groups attached to an aromatic ring is 1. The van der Waals surface area contributed by atoms with Gasteiger partial charge in [0, 0.05) is 18.2 Å². The highest BCUT2D eigenvalue weighted by molar-refractivity contribution is 6.02. The Morgan fingerprint density at radius 1 is 1.40 bits per heavy atom. The molecule has 0 aliphatic carbocycles. The van der Waals surface area contributed by atoms with Crippen LogP contribution in [0.5, 0.6) is 5.75 Å². The number of fused-ring (bicyclic) bond motifs is 1. The first-order chi connectivity index (χ1) is 11.6. The lowest BCUT2D eigenvalue weighted by Gasteiger charge is -2.38. The van der Waals surface area contributed by atoms with Crippen molar-refractivity contribution in [1.82, 2.24) is 10.3 Å². The molecule has 0 aromatic heterocycles. The predicted molar refractivity (Wildman–Crippen MR) is 90.4 cm³/mol. The van der Waals surface area contributed by atoms with Crippen LogP contribution in [0, 0.1) is 0 Å². The van der Waals surface area contributed by atoms with Crippen molar-refractivity contribution in [3.05, 3.63) is 23.8 Å². The number of amides is 3. The standard InChI is InChI=1S/C16H22N4O5/c1-16(2,3)20(15(23)24)11-8-25-12-6-5-9(13(21)18-17)7-10(12)19(4)14(11)22/h5-7,11H,8,17H2,1-4H3,(H,18,21)(H,23,24)/t11-/m0/s1. The number of likely N-dealkylation sites (N-methyl/N-ethyl adjacent to an activating group) is 1. The van der Waals surface area contributed by atoms with E-state index in [1.54, 1.807) is 26.8 Å². The van der Waals surface area contributed by atoms with E-state index < -0.39 is 29.5 Å². The number of benzene rings is 1. The van der Waals surface area contributed by atoms with Crippen molar-refractivity contribution < 1.29 is 24.2 Å². The average molecular weight is 350 g/mol. The van der Waals surface area contributed by atoms with Gasteiger partial charge in [-0.2, -0.15) is 0 Å². The summed E-state index contributed by atoms with van der Waals surface area (Å²) in [5.41, 5.74) is 1.85. The molecule has 2 rings (SSSR count). The zero-order valence-corrected chi connectivity index (χ0v) is 14.6. The number of anilines is 1. The summed E-state index contributed by atoms with van der Waals surface area (Å²) in [7, 11) is 1.51. The number of carboxylic acid groups (broad SMARTS) is 1. The summed E-state index contributed by atoms with van der Waals surface area (Å²) in [5, 5.41) is 9.56. The number of carbonyl (C=O) groups is 3. The highest BCUT2D eigenvalue weighted by Gasteiger charge is 2.41. The fraction of sp³-hybridized carbons (Fsp3) is 0.438. The van der Waals surface area contributed by atoms with Gasteiger partial charge in [0.05, 0.1) is 5.69 Å². The topological polar surface area (TPSA) is 125 Å². The molecule has 1 aromatic carbocycles. The van der Waals surface area contributed by atoms with Gasteiger partial charge in [0.25, 0.3) is 11.8 Å². The normalized spacial score (nSPS) is 17.2. The van der Waals surface area contributed by atoms with Gasteiger partial charge in [0.1, 0.15) is 18.4 Å². The summed E-state index contributed by atoms with van der Waals surface area (Å²) in [6.45, 7) is 4.99. The second kappa shape index (κ2) is 6.60. The largest absolute Gasteiger partial charge is 0.489 e. The van der Waals surface area contributed by atoms with E-state index in [1.807, 2.05) is 5.43 Å². The maximum Gasteiger partial charge on any atom is 0.408 e. The van der Waals surface area contributed by atoms with Crippen molar-refractivity contribution in [2.24, 2.45) is 5.84 Å². The third-order valence-electron chi connectivity index (χ3n) is 3.97. The van der Waals surface area contributed by atoms with Crippen molar-refractivity contribution >= 4 is 23.6 Å². The molecule has 0 saturated carbocycles. The van der Waals surface area contributed by atoms with E-state index in [9.17, 15) is 19.5 Å². The molecule has 1 aromatic rings. The van der Waals surface area contributed by atoms with E-state index in [0.717, 1.165) is 4.90 Å². The summed E-state index contributed by atoms with van der Waals surface area (Å²) in [4.78, 5) is 38.6. The van der Waals surface area contributed by atoms with Crippen LogP contribution in [0.1, 0.15) is 31.1 Å². The van der Waals surface area contributed by atoms with Crippen LogP contribution in [0.2, 0.25) is 0 Å². The van der Waals surface area contributed by atoms with Crippen LogP contribution in [0.3, 0.4) is 0 Å². The van der Waals surface area contributed by atoms with E-state index in [-0.39, 0.29) is 12.2 Å². The van der Waals surface area contributed by atoms with Crippen LogP contribution < -0.4 is 20.9 Å². The maximum atomic E-state index is 12.9. The molecule has 4 N–H and O–H groups in total. The Morgan fingerprint density at radius 3 is 2.56 bits per heavy atom. The molecule has 1 aliphatic rings. The fourth-order valence-electron chi connectivity index (χ4n) is 2.78. The van der Waals surface area contributed by atoms with Gasteiger partial charge in [-0.15, -0.1) is 0 Å². The van der Waals surface area contributed by atoms with E-state index in [0.29, 0.717) is 11.4 Å². The summed E-state index contributed by atoms with van der Waals surface area (Å²) >= 11 is 0. The van der Waals surface area contributed by atoms with Gasteiger partial charge in [-0.25, -0.2) is 10.6 Å². The summed E-state index contributed by atoms with van der Waals surface area (Å²) in [6, 6.07) is 3.52. The van der Waals surface area contributed by atoms with Crippen LogP contribution in [-0.4, -0.2) is 53.1 Å². The molecule has 0 fully saturated rings. The minimum absolute atomic E-state index is 0.123. The van der Waals surface area contributed by atoms with Crippen LogP contribution in [-0.2, 0) is 4.79 Å². The Kier molecular flexibility index (Phi) is 4.89. The smallest absolute Gasteiger partial charge is 0.408 e. The molecule has 0 saturated heterocycles. The third-order valence-corrected chi connectivity index (χ3v) is 3.97. The second-order valence-electron chi connectivity index (χ2n) is 6.70. The first-order valence-electron chi connectivity index (χ1n) is 7.65. The number of hydrazine groups is 1. The van der Waals surface area contributed by atoms with Crippen molar-refractivity contribution in [3.8, 4) is 5.75 Å². The van der Waals surface area contributed by atoms with Crippen LogP contribution in [0.15, 0.2) is 18.2 Å². The number of nitrogens with one attached hydrogen (secondary N) is 1. The molecule has 1 atom stereocenters. The Hall–Kier alpha value is -2.81. The molecule has 25 heavy (non-hydrogen) atoms. The van der Waals surface area contributed by atoms with Crippen molar-refractivity contribution in [2.45, 2.75) is 32.4 Å². The molecule has 0 bridgehead atoms. The lowest BCUT2D eigenvalue weighted by Crippen LogP contribution is -2.58. The van der Waals surface area contributed by atoms with Crippen LogP contribution >= 0.6 is 0 Å². The number of carbonyl (C=O) groups excluding carboxylic acids is 2. The molecular weight excluding hydrogens is 328 g/mol. The first-order valence-corrected chi connectivity index (χ1v) is 7.65. The number of rotatable bonds is 2. The summed E-state index contributed by atoms with van der Waals surface area (Å²) in [5.74, 6) is 4.56. The molecular formula is C16H22N4O5. The van der Waals surface area contributed by atoms with Crippen molar-refractivity contribution in [2.75, 3.05) is 18.6 Å². The molecule has 3 amide bonds. The number of ether oxygens (including phenoxy) is 1. The van der Waals surface area contributed by atoms with Gasteiger partial charge >= 0.3 is 6.09 Å². The predicted octanol–water partition coefficient (Wildman–Crippen LogP) is 0.792. The molecule has 1 aliphatic heterocycles.